The van der Waals surface area contributed by atoms with Gasteiger partial charge >= 0.3 is 0 Å². The number of carbonyl (C=O) groups excluding carboxylic acids is 1. The van der Waals surface area contributed by atoms with E-state index in [0.29, 0.717) is 25.2 Å². The molecular weight excluding hydrogens is 305 g/mol. The summed E-state index contributed by atoms with van der Waals surface area (Å²) in [4.78, 5) is 18.9. The van der Waals surface area contributed by atoms with Gasteiger partial charge in [-0.05, 0) is 25.1 Å². The lowest BCUT2D eigenvalue weighted by Crippen LogP contribution is -2.23. The highest BCUT2D eigenvalue weighted by Crippen LogP contribution is 2.31. The van der Waals surface area contributed by atoms with Crippen molar-refractivity contribution >= 4 is 28.6 Å². The average Bonchev–Trinajstić information content (AvgIpc) is 2.87. The van der Waals surface area contributed by atoms with Gasteiger partial charge in [0.2, 0.25) is 5.91 Å². The van der Waals surface area contributed by atoms with Crippen molar-refractivity contribution in [2.45, 2.75) is 26.0 Å². The molecule has 116 valence electrons. The van der Waals surface area contributed by atoms with Gasteiger partial charge in [0.15, 0.2) is 0 Å². The second-order valence-electron chi connectivity index (χ2n) is 5.21. The molecule has 2 aromatic rings. The number of aliphatic hydroxyl groups is 1. The molecule has 2 heterocycles. The number of amides is 1. The minimum absolute atomic E-state index is 0.127. The SMILES string of the molecule is CC(O)c1cnc(CN2CCC(=O)Nc3cc(F)ccc32)s1. The van der Waals surface area contributed by atoms with Gasteiger partial charge in [0.05, 0.1) is 28.9 Å². The van der Waals surface area contributed by atoms with E-state index in [1.165, 1.54) is 23.5 Å². The summed E-state index contributed by atoms with van der Waals surface area (Å²) in [6.07, 6.45) is 1.46. The van der Waals surface area contributed by atoms with Crippen molar-refractivity contribution in [3.05, 3.63) is 40.1 Å². The first kappa shape index (κ1) is 14.9. The Bertz CT molecular complexity index is 702. The number of rotatable bonds is 3. The van der Waals surface area contributed by atoms with E-state index in [1.807, 2.05) is 4.90 Å². The number of carbonyl (C=O) groups is 1. The minimum Gasteiger partial charge on any atom is -0.388 e. The molecule has 3 rings (SSSR count). The van der Waals surface area contributed by atoms with E-state index < -0.39 is 6.10 Å². The maximum absolute atomic E-state index is 13.4. The zero-order valence-electron chi connectivity index (χ0n) is 12.0. The maximum atomic E-state index is 13.4. The molecule has 1 aliphatic rings. The number of fused-ring (bicyclic) bond motifs is 1. The molecule has 0 bridgehead atoms. The van der Waals surface area contributed by atoms with Crippen molar-refractivity contribution < 1.29 is 14.3 Å². The topological polar surface area (TPSA) is 65.5 Å². The van der Waals surface area contributed by atoms with Crippen LogP contribution in [0.25, 0.3) is 0 Å². The molecule has 0 saturated heterocycles. The van der Waals surface area contributed by atoms with E-state index in [-0.39, 0.29) is 11.7 Å². The zero-order chi connectivity index (χ0) is 15.7. The molecule has 1 aromatic heterocycles. The summed E-state index contributed by atoms with van der Waals surface area (Å²) in [7, 11) is 0. The van der Waals surface area contributed by atoms with E-state index in [9.17, 15) is 14.3 Å². The van der Waals surface area contributed by atoms with Crippen LogP contribution in [0.3, 0.4) is 0 Å². The Kier molecular flexibility index (Phi) is 4.08. The first-order chi connectivity index (χ1) is 10.5. The molecule has 1 aromatic carbocycles. The fourth-order valence-corrected chi connectivity index (χ4v) is 3.25. The molecule has 0 fully saturated rings. The fourth-order valence-electron chi connectivity index (χ4n) is 2.37. The third kappa shape index (κ3) is 3.10. The predicted octanol–water partition coefficient (Wildman–Crippen LogP) is 2.68. The van der Waals surface area contributed by atoms with Crippen LogP contribution in [0.2, 0.25) is 0 Å². The van der Waals surface area contributed by atoms with Crippen molar-refractivity contribution in [1.29, 1.82) is 0 Å². The summed E-state index contributed by atoms with van der Waals surface area (Å²) in [6.45, 7) is 2.75. The van der Waals surface area contributed by atoms with Gasteiger partial charge in [0, 0.05) is 19.2 Å². The third-order valence-corrected chi connectivity index (χ3v) is 4.64. The summed E-state index contributed by atoms with van der Waals surface area (Å²) in [5.74, 6) is -0.510. The first-order valence-electron chi connectivity index (χ1n) is 7.00. The molecular formula is C15H16FN3O2S. The Hall–Kier alpha value is -1.99. The first-order valence-corrected chi connectivity index (χ1v) is 7.81. The molecule has 7 heteroatoms. The Morgan fingerprint density at radius 3 is 3.09 bits per heavy atom. The third-order valence-electron chi connectivity index (χ3n) is 3.49. The lowest BCUT2D eigenvalue weighted by Gasteiger charge is -2.23. The van der Waals surface area contributed by atoms with Crippen LogP contribution in [0.5, 0.6) is 0 Å². The van der Waals surface area contributed by atoms with Crippen LogP contribution >= 0.6 is 11.3 Å². The number of anilines is 2. The quantitative estimate of drug-likeness (QED) is 0.912. The van der Waals surface area contributed by atoms with Crippen LogP contribution in [0, 0.1) is 5.82 Å². The molecule has 5 nitrogen and oxygen atoms in total. The number of aliphatic hydroxyl groups excluding tert-OH is 1. The summed E-state index contributed by atoms with van der Waals surface area (Å²) < 4.78 is 13.4. The maximum Gasteiger partial charge on any atom is 0.226 e. The molecule has 0 radical (unpaired) electrons. The molecule has 22 heavy (non-hydrogen) atoms. The lowest BCUT2D eigenvalue weighted by molar-refractivity contribution is -0.115. The van der Waals surface area contributed by atoms with E-state index in [4.69, 9.17) is 0 Å². The van der Waals surface area contributed by atoms with Crippen LogP contribution < -0.4 is 10.2 Å². The Labute approximate surface area is 131 Å². The van der Waals surface area contributed by atoms with Crippen molar-refractivity contribution in [3.63, 3.8) is 0 Å². The summed E-state index contributed by atoms with van der Waals surface area (Å²) in [5, 5.41) is 13.1. The van der Waals surface area contributed by atoms with E-state index in [1.54, 1.807) is 19.2 Å². The largest absolute Gasteiger partial charge is 0.388 e. The van der Waals surface area contributed by atoms with E-state index in [2.05, 4.69) is 10.3 Å². The van der Waals surface area contributed by atoms with Crippen LogP contribution in [0.15, 0.2) is 24.4 Å². The number of nitrogens with one attached hydrogen (secondary N) is 1. The van der Waals surface area contributed by atoms with E-state index >= 15 is 0 Å². The molecule has 1 amide bonds. The average molecular weight is 321 g/mol. The Balaban J connectivity index is 1.88. The molecule has 1 unspecified atom stereocenters. The number of hydrogen-bond acceptors (Lipinski definition) is 5. The van der Waals surface area contributed by atoms with Crippen molar-refractivity contribution in [2.75, 3.05) is 16.8 Å². The van der Waals surface area contributed by atoms with Crippen LogP contribution in [-0.4, -0.2) is 22.5 Å². The number of thiazole rings is 1. The molecule has 2 N–H and O–H groups in total. The van der Waals surface area contributed by atoms with Gasteiger partial charge in [-0.1, -0.05) is 0 Å². The number of nitrogens with zero attached hydrogens (tertiary/aromatic N) is 2. The van der Waals surface area contributed by atoms with E-state index in [0.717, 1.165) is 15.6 Å². The standard InChI is InChI=1S/C15H16FN3O2S/c1-9(20)13-7-17-15(22-13)8-19-5-4-14(21)18-11-6-10(16)2-3-12(11)19/h2-3,6-7,9,20H,4-5,8H2,1H3,(H,18,21). The van der Waals surface area contributed by atoms with Crippen molar-refractivity contribution in [3.8, 4) is 0 Å². The van der Waals surface area contributed by atoms with Gasteiger partial charge in [0.25, 0.3) is 0 Å². The minimum atomic E-state index is -0.542. The summed E-state index contributed by atoms with van der Waals surface area (Å²) >= 11 is 1.44. The van der Waals surface area contributed by atoms with Crippen LogP contribution in [0.4, 0.5) is 15.8 Å². The van der Waals surface area contributed by atoms with Gasteiger partial charge in [-0.2, -0.15) is 0 Å². The summed E-state index contributed by atoms with van der Waals surface area (Å²) in [6, 6.07) is 4.38. The fraction of sp³-hybridized carbons (Fsp3) is 0.333. The van der Waals surface area contributed by atoms with Crippen molar-refractivity contribution in [1.82, 2.24) is 4.98 Å². The number of hydrogen-bond donors (Lipinski definition) is 2. The Morgan fingerprint density at radius 1 is 1.55 bits per heavy atom. The second-order valence-corrected chi connectivity index (χ2v) is 6.36. The zero-order valence-corrected chi connectivity index (χ0v) is 12.9. The van der Waals surface area contributed by atoms with Crippen LogP contribution in [-0.2, 0) is 11.3 Å². The van der Waals surface area contributed by atoms with Crippen molar-refractivity contribution in [2.24, 2.45) is 0 Å². The number of aromatic nitrogens is 1. The number of benzene rings is 1. The van der Waals surface area contributed by atoms with Gasteiger partial charge < -0.3 is 15.3 Å². The Morgan fingerprint density at radius 2 is 2.36 bits per heavy atom. The monoisotopic (exact) mass is 321 g/mol. The molecule has 0 aliphatic carbocycles. The highest BCUT2D eigenvalue weighted by Gasteiger charge is 2.21. The predicted molar refractivity (Wildman–Crippen MR) is 83.4 cm³/mol. The highest BCUT2D eigenvalue weighted by molar-refractivity contribution is 7.11. The molecule has 1 aliphatic heterocycles. The van der Waals surface area contributed by atoms with Gasteiger partial charge in [-0.15, -0.1) is 11.3 Å². The van der Waals surface area contributed by atoms with Gasteiger partial charge in [-0.3, -0.25) is 4.79 Å². The number of halogens is 1. The molecule has 0 spiro atoms. The second kappa shape index (κ2) is 6.02. The summed E-state index contributed by atoms with van der Waals surface area (Å²) in [5.41, 5.74) is 1.26. The van der Waals surface area contributed by atoms with Crippen LogP contribution in [0.1, 0.15) is 29.3 Å². The van der Waals surface area contributed by atoms with Gasteiger partial charge in [-0.25, -0.2) is 9.37 Å². The smallest absolute Gasteiger partial charge is 0.226 e. The van der Waals surface area contributed by atoms with Gasteiger partial charge in [0.1, 0.15) is 10.8 Å². The molecule has 0 saturated carbocycles. The molecule has 1 atom stereocenters. The normalized spacial score (nSPS) is 16.0. The lowest BCUT2D eigenvalue weighted by atomic mass is 10.2. The highest BCUT2D eigenvalue weighted by atomic mass is 32.1.